The number of hydrogen-bond donors (Lipinski definition) is 1. The van der Waals surface area contributed by atoms with Crippen molar-refractivity contribution in [2.75, 3.05) is 7.11 Å². The van der Waals surface area contributed by atoms with Crippen molar-refractivity contribution in [3.05, 3.63) is 22.8 Å². The van der Waals surface area contributed by atoms with Crippen LogP contribution in [0.5, 0.6) is 5.88 Å². The van der Waals surface area contributed by atoms with E-state index in [-0.39, 0.29) is 6.42 Å². The number of aromatic nitrogens is 1. The summed E-state index contributed by atoms with van der Waals surface area (Å²) in [5.74, 6) is -0.484. The van der Waals surface area contributed by atoms with Gasteiger partial charge >= 0.3 is 5.97 Å². The van der Waals surface area contributed by atoms with E-state index in [1.54, 1.807) is 12.3 Å². The van der Waals surface area contributed by atoms with Crippen LogP contribution in [0.4, 0.5) is 0 Å². The number of aliphatic carboxylic acids is 1. The van der Waals surface area contributed by atoms with Crippen LogP contribution < -0.4 is 4.74 Å². The summed E-state index contributed by atoms with van der Waals surface area (Å²) in [5, 5.41) is 8.87. The van der Waals surface area contributed by atoms with E-state index in [1.807, 2.05) is 0 Å². The van der Waals surface area contributed by atoms with Crippen molar-refractivity contribution < 1.29 is 14.6 Å². The minimum absolute atomic E-state index is 0.0737. The van der Waals surface area contributed by atoms with Gasteiger partial charge < -0.3 is 9.84 Å². The number of pyridine rings is 1. The maximum Gasteiger partial charge on any atom is 0.303 e. The molecule has 1 aromatic rings. The van der Waals surface area contributed by atoms with Crippen LogP contribution in [-0.4, -0.2) is 23.2 Å². The molecule has 1 aromatic heterocycles. The summed E-state index contributed by atoms with van der Waals surface area (Å²) in [6.45, 7) is 0. The molecule has 0 radical (unpaired) electrons. The van der Waals surface area contributed by atoms with Gasteiger partial charge in [0.2, 0.25) is 5.88 Å². The molecule has 0 saturated heterocycles. The molecule has 1 heterocycles. The summed E-state index contributed by atoms with van der Waals surface area (Å²) in [7, 11) is 1.48. The topological polar surface area (TPSA) is 59.4 Å². The highest BCUT2D eigenvalue weighted by atomic mass is 35.5. The maximum absolute atomic E-state index is 10.3. The molecular formula is C9H10ClNO3. The van der Waals surface area contributed by atoms with Gasteiger partial charge in [-0.15, -0.1) is 0 Å². The Hall–Kier alpha value is -1.29. The van der Waals surface area contributed by atoms with Crippen molar-refractivity contribution in [1.29, 1.82) is 0 Å². The smallest absolute Gasteiger partial charge is 0.303 e. The second kappa shape index (κ2) is 4.81. The van der Waals surface area contributed by atoms with Crippen molar-refractivity contribution in [1.82, 2.24) is 4.98 Å². The van der Waals surface area contributed by atoms with Gasteiger partial charge in [0.25, 0.3) is 0 Å². The van der Waals surface area contributed by atoms with Gasteiger partial charge in [0.15, 0.2) is 0 Å². The summed E-state index contributed by atoms with van der Waals surface area (Å²) in [5.41, 5.74) is 0.790. The Morgan fingerprint density at radius 1 is 1.71 bits per heavy atom. The van der Waals surface area contributed by atoms with E-state index in [2.05, 4.69) is 4.98 Å². The number of aryl methyl sites for hydroxylation is 1. The van der Waals surface area contributed by atoms with Gasteiger partial charge in [0.1, 0.15) is 5.02 Å². The minimum Gasteiger partial charge on any atom is -0.481 e. The number of methoxy groups -OCH3 is 1. The Balaban J connectivity index is 2.71. The fraction of sp³-hybridized carbons (Fsp3) is 0.333. The summed E-state index contributed by atoms with van der Waals surface area (Å²) >= 11 is 5.81. The third-order valence-electron chi connectivity index (χ3n) is 1.68. The highest BCUT2D eigenvalue weighted by Gasteiger charge is 2.04. The third-order valence-corrected chi connectivity index (χ3v) is 1.96. The number of rotatable bonds is 4. The van der Waals surface area contributed by atoms with E-state index < -0.39 is 5.97 Å². The Kier molecular flexibility index (Phi) is 3.71. The largest absolute Gasteiger partial charge is 0.481 e. The van der Waals surface area contributed by atoms with E-state index in [1.165, 1.54) is 7.11 Å². The van der Waals surface area contributed by atoms with Crippen LogP contribution in [0, 0.1) is 0 Å². The number of hydrogen-bond acceptors (Lipinski definition) is 3. The predicted octanol–water partition coefficient (Wildman–Crippen LogP) is 1.76. The highest BCUT2D eigenvalue weighted by Crippen LogP contribution is 2.22. The molecule has 4 nitrogen and oxygen atoms in total. The lowest BCUT2D eigenvalue weighted by Crippen LogP contribution is -1.98. The molecule has 0 amide bonds. The number of nitrogens with zero attached hydrogens (tertiary/aromatic N) is 1. The van der Waals surface area contributed by atoms with Crippen molar-refractivity contribution in [3.8, 4) is 5.88 Å². The molecule has 0 bridgehead atoms. The normalized spacial score (nSPS) is 9.86. The van der Waals surface area contributed by atoms with E-state index >= 15 is 0 Å². The molecule has 0 atom stereocenters. The van der Waals surface area contributed by atoms with E-state index in [0.29, 0.717) is 17.3 Å². The summed E-state index contributed by atoms with van der Waals surface area (Å²) in [6, 6.07) is 1.66. The van der Waals surface area contributed by atoms with Crippen LogP contribution in [0.2, 0.25) is 5.02 Å². The van der Waals surface area contributed by atoms with Crippen LogP contribution in [0.15, 0.2) is 12.3 Å². The SMILES string of the molecule is COc1ncc(CCC(=O)O)cc1Cl. The molecule has 1 rings (SSSR count). The fourth-order valence-electron chi connectivity index (χ4n) is 1.00. The van der Waals surface area contributed by atoms with Gasteiger partial charge in [-0.1, -0.05) is 11.6 Å². The van der Waals surface area contributed by atoms with Gasteiger partial charge in [-0.3, -0.25) is 4.79 Å². The van der Waals surface area contributed by atoms with Crippen molar-refractivity contribution >= 4 is 17.6 Å². The van der Waals surface area contributed by atoms with Crippen molar-refractivity contribution in [2.24, 2.45) is 0 Å². The molecule has 1 N–H and O–H groups in total. The Bertz CT molecular complexity index is 341. The number of ether oxygens (including phenoxy) is 1. The molecule has 0 saturated carbocycles. The monoisotopic (exact) mass is 215 g/mol. The molecule has 0 fully saturated rings. The zero-order valence-electron chi connectivity index (χ0n) is 7.66. The van der Waals surface area contributed by atoms with Crippen LogP contribution in [0.3, 0.4) is 0 Å². The number of carboxylic acids is 1. The average molecular weight is 216 g/mol. The zero-order chi connectivity index (χ0) is 10.6. The first-order valence-electron chi connectivity index (χ1n) is 4.03. The fourth-order valence-corrected chi connectivity index (χ4v) is 1.27. The van der Waals surface area contributed by atoms with Crippen LogP contribution in [0.1, 0.15) is 12.0 Å². The predicted molar refractivity (Wildman–Crippen MR) is 51.8 cm³/mol. The number of halogens is 1. The van der Waals surface area contributed by atoms with Crippen molar-refractivity contribution in [3.63, 3.8) is 0 Å². The molecule has 0 aromatic carbocycles. The lowest BCUT2D eigenvalue weighted by Gasteiger charge is -2.03. The van der Waals surface area contributed by atoms with Crippen LogP contribution >= 0.6 is 11.6 Å². The van der Waals surface area contributed by atoms with E-state index in [4.69, 9.17) is 21.4 Å². The van der Waals surface area contributed by atoms with Gasteiger partial charge in [-0.25, -0.2) is 4.98 Å². The second-order valence-electron chi connectivity index (χ2n) is 2.73. The average Bonchev–Trinajstić information content (AvgIpc) is 2.15. The minimum atomic E-state index is -0.836. The van der Waals surface area contributed by atoms with Crippen molar-refractivity contribution in [2.45, 2.75) is 12.8 Å². The number of carboxylic acid groups (broad SMARTS) is 1. The highest BCUT2D eigenvalue weighted by molar-refractivity contribution is 6.31. The molecule has 0 aliphatic carbocycles. The Labute approximate surface area is 86.5 Å². The molecular weight excluding hydrogens is 206 g/mol. The molecule has 0 spiro atoms. The summed E-state index contributed by atoms with van der Waals surface area (Å²) in [4.78, 5) is 14.2. The lowest BCUT2D eigenvalue weighted by atomic mass is 10.1. The number of carbonyl (C=O) groups is 1. The maximum atomic E-state index is 10.3. The summed E-state index contributed by atoms with van der Waals surface area (Å²) < 4.78 is 4.87. The first kappa shape index (κ1) is 10.8. The van der Waals surface area contributed by atoms with Gasteiger partial charge in [-0.2, -0.15) is 0 Å². The van der Waals surface area contributed by atoms with E-state index in [0.717, 1.165) is 5.56 Å². The first-order valence-corrected chi connectivity index (χ1v) is 4.41. The molecule has 0 unspecified atom stereocenters. The third kappa shape index (κ3) is 2.88. The quantitative estimate of drug-likeness (QED) is 0.832. The van der Waals surface area contributed by atoms with E-state index in [9.17, 15) is 4.79 Å². The lowest BCUT2D eigenvalue weighted by molar-refractivity contribution is -0.136. The Morgan fingerprint density at radius 2 is 2.43 bits per heavy atom. The van der Waals surface area contributed by atoms with Gasteiger partial charge in [0, 0.05) is 12.6 Å². The molecule has 14 heavy (non-hydrogen) atoms. The van der Waals surface area contributed by atoms with Gasteiger partial charge in [0.05, 0.1) is 7.11 Å². The zero-order valence-corrected chi connectivity index (χ0v) is 8.41. The second-order valence-corrected chi connectivity index (χ2v) is 3.14. The first-order chi connectivity index (χ1) is 6.63. The van der Waals surface area contributed by atoms with Gasteiger partial charge in [-0.05, 0) is 18.1 Å². The standard InChI is InChI=1S/C9H10ClNO3/c1-14-9-7(10)4-6(5-11-9)2-3-8(12)13/h4-5H,2-3H2,1H3,(H,12,13). The molecule has 0 aliphatic heterocycles. The molecule has 76 valence electrons. The van der Waals surface area contributed by atoms with Crippen LogP contribution in [-0.2, 0) is 11.2 Å². The molecule has 5 heteroatoms. The Morgan fingerprint density at radius 3 is 2.93 bits per heavy atom. The molecule has 0 aliphatic rings. The van der Waals surface area contributed by atoms with Crippen LogP contribution in [0.25, 0.3) is 0 Å². The summed E-state index contributed by atoms with van der Waals surface area (Å²) in [6.07, 6.45) is 2.06.